The van der Waals surface area contributed by atoms with E-state index in [9.17, 15) is 9.90 Å². The van der Waals surface area contributed by atoms with Gasteiger partial charge in [0.1, 0.15) is 0 Å². The second kappa shape index (κ2) is 7.49. The van der Waals surface area contributed by atoms with Crippen molar-refractivity contribution >= 4 is 16.7 Å². The third-order valence-electron chi connectivity index (χ3n) is 4.53. The summed E-state index contributed by atoms with van der Waals surface area (Å²) in [6, 6.07) is 13.9. The first-order chi connectivity index (χ1) is 12.0. The summed E-state index contributed by atoms with van der Waals surface area (Å²) in [4.78, 5) is 12.1. The molecule has 1 heterocycles. The Hall–Kier alpha value is -2.66. The summed E-state index contributed by atoms with van der Waals surface area (Å²) in [5.41, 5.74) is 3.83. The molecule has 1 aromatic heterocycles. The summed E-state index contributed by atoms with van der Waals surface area (Å²) < 4.78 is 0. The van der Waals surface area contributed by atoms with Crippen LogP contribution >= 0.6 is 0 Å². The summed E-state index contributed by atoms with van der Waals surface area (Å²) in [5, 5.41) is 22.4. The number of rotatable bonds is 6. The first kappa shape index (κ1) is 17.2. The maximum Gasteiger partial charge on any atom is 0.220 e. The number of H-pyrrole nitrogens is 1. The highest BCUT2D eigenvalue weighted by Gasteiger charge is 2.12. The summed E-state index contributed by atoms with van der Waals surface area (Å²) in [7, 11) is 0. The van der Waals surface area contributed by atoms with Crippen LogP contribution in [0.4, 0.5) is 0 Å². The number of nitrogens with one attached hydrogen (secondary N) is 2. The molecule has 0 radical (unpaired) electrons. The number of hydrogen-bond donors (Lipinski definition) is 3. The minimum absolute atomic E-state index is 0.0696. The highest BCUT2D eigenvalue weighted by molar-refractivity contribution is 5.83. The molecule has 0 aliphatic heterocycles. The van der Waals surface area contributed by atoms with Crippen molar-refractivity contribution in [1.29, 1.82) is 0 Å². The van der Waals surface area contributed by atoms with Crippen molar-refractivity contribution in [3.05, 3.63) is 65.0 Å². The molecule has 0 saturated heterocycles. The van der Waals surface area contributed by atoms with Crippen LogP contribution in [0.5, 0.6) is 0 Å². The van der Waals surface area contributed by atoms with E-state index < -0.39 is 6.10 Å². The number of aromatic amines is 1. The fourth-order valence-corrected chi connectivity index (χ4v) is 3.01. The van der Waals surface area contributed by atoms with Gasteiger partial charge in [0.2, 0.25) is 5.91 Å². The van der Waals surface area contributed by atoms with Gasteiger partial charge in [-0.05, 0) is 48.2 Å². The van der Waals surface area contributed by atoms with E-state index in [1.54, 1.807) is 0 Å². The topological polar surface area (TPSA) is 78.0 Å². The summed E-state index contributed by atoms with van der Waals surface area (Å²) >= 11 is 0. The van der Waals surface area contributed by atoms with Crippen LogP contribution in [0.25, 0.3) is 10.8 Å². The van der Waals surface area contributed by atoms with Gasteiger partial charge in [0, 0.05) is 18.7 Å². The van der Waals surface area contributed by atoms with Crippen LogP contribution in [0.2, 0.25) is 0 Å². The standard InChI is InChI=1S/C20H23N3O2/c1-13-18(14(2)23-22-13)9-10-20(25)21-12-19(24)17-8-7-15-5-3-4-6-16(15)11-17/h3-8,11,19,24H,9-10,12H2,1-2H3,(H,21,25)(H,22,23). The van der Waals surface area contributed by atoms with Crippen molar-refractivity contribution in [1.82, 2.24) is 15.5 Å². The molecule has 0 saturated carbocycles. The van der Waals surface area contributed by atoms with Crippen LogP contribution in [0, 0.1) is 13.8 Å². The first-order valence-electron chi connectivity index (χ1n) is 8.48. The SMILES string of the molecule is Cc1n[nH]c(C)c1CCC(=O)NCC(O)c1ccc2ccccc2c1. The molecule has 0 fully saturated rings. The second-order valence-corrected chi connectivity index (χ2v) is 6.34. The lowest BCUT2D eigenvalue weighted by atomic mass is 10.0. The normalized spacial score (nSPS) is 12.3. The zero-order valence-electron chi connectivity index (χ0n) is 14.5. The van der Waals surface area contributed by atoms with Crippen molar-refractivity contribution in [3.8, 4) is 0 Å². The number of aliphatic hydroxyl groups is 1. The molecule has 1 atom stereocenters. The van der Waals surface area contributed by atoms with Gasteiger partial charge in [-0.15, -0.1) is 0 Å². The lowest BCUT2D eigenvalue weighted by Crippen LogP contribution is -2.28. The van der Waals surface area contributed by atoms with Gasteiger partial charge in [-0.2, -0.15) is 5.10 Å². The fraction of sp³-hybridized carbons (Fsp3) is 0.300. The fourth-order valence-electron chi connectivity index (χ4n) is 3.01. The Morgan fingerprint density at radius 1 is 1.20 bits per heavy atom. The maximum atomic E-state index is 12.1. The highest BCUT2D eigenvalue weighted by Crippen LogP contribution is 2.20. The van der Waals surface area contributed by atoms with Gasteiger partial charge in [-0.1, -0.05) is 36.4 Å². The number of nitrogens with zero attached hydrogens (tertiary/aromatic N) is 1. The lowest BCUT2D eigenvalue weighted by Gasteiger charge is -2.13. The predicted octanol–water partition coefficient (Wildman–Crippen LogP) is 2.96. The van der Waals surface area contributed by atoms with Gasteiger partial charge in [0.15, 0.2) is 0 Å². The van der Waals surface area contributed by atoms with Crippen LogP contribution in [0.15, 0.2) is 42.5 Å². The largest absolute Gasteiger partial charge is 0.387 e. The van der Waals surface area contributed by atoms with Gasteiger partial charge in [0.05, 0.1) is 11.8 Å². The minimum atomic E-state index is -0.717. The van der Waals surface area contributed by atoms with Crippen LogP contribution in [-0.2, 0) is 11.2 Å². The molecular weight excluding hydrogens is 314 g/mol. The van der Waals surface area contributed by atoms with Crippen LogP contribution < -0.4 is 5.32 Å². The number of benzene rings is 2. The third kappa shape index (κ3) is 4.06. The van der Waals surface area contributed by atoms with E-state index in [0.29, 0.717) is 12.8 Å². The summed E-state index contributed by atoms with van der Waals surface area (Å²) in [6.45, 7) is 4.09. The monoisotopic (exact) mass is 337 g/mol. The zero-order valence-corrected chi connectivity index (χ0v) is 14.5. The highest BCUT2D eigenvalue weighted by atomic mass is 16.3. The van der Waals surface area contributed by atoms with E-state index >= 15 is 0 Å². The molecular formula is C20H23N3O2. The Balaban J connectivity index is 1.54. The average Bonchev–Trinajstić information content (AvgIpc) is 2.95. The Morgan fingerprint density at radius 2 is 1.96 bits per heavy atom. The summed E-state index contributed by atoms with van der Waals surface area (Å²) in [5.74, 6) is -0.0696. The van der Waals surface area contributed by atoms with Gasteiger partial charge in [-0.3, -0.25) is 9.89 Å². The molecule has 3 aromatic rings. The van der Waals surface area contributed by atoms with E-state index in [4.69, 9.17) is 0 Å². The second-order valence-electron chi connectivity index (χ2n) is 6.34. The van der Waals surface area contributed by atoms with Gasteiger partial charge in [-0.25, -0.2) is 0 Å². The van der Waals surface area contributed by atoms with E-state index in [1.807, 2.05) is 56.3 Å². The lowest BCUT2D eigenvalue weighted by molar-refractivity contribution is -0.121. The Kier molecular flexibility index (Phi) is 5.14. The molecule has 2 aromatic carbocycles. The Morgan fingerprint density at radius 3 is 2.68 bits per heavy atom. The number of carbonyl (C=O) groups is 1. The zero-order chi connectivity index (χ0) is 17.8. The van der Waals surface area contributed by atoms with Crippen molar-refractivity contribution in [3.63, 3.8) is 0 Å². The van der Waals surface area contributed by atoms with E-state index in [1.165, 1.54) is 0 Å². The molecule has 1 amide bonds. The molecule has 1 unspecified atom stereocenters. The number of aryl methyl sites for hydroxylation is 2. The van der Waals surface area contributed by atoms with Crippen molar-refractivity contribution in [2.75, 3.05) is 6.54 Å². The number of aromatic nitrogens is 2. The van der Waals surface area contributed by atoms with Crippen molar-refractivity contribution < 1.29 is 9.90 Å². The Labute approximate surface area is 147 Å². The third-order valence-corrected chi connectivity index (χ3v) is 4.53. The van der Waals surface area contributed by atoms with Crippen molar-refractivity contribution in [2.45, 2.75) is 32.8 Å². The molecule has 130 valence electrons. The maximum absolute atomic E-state index is 12.1. The van der Waals surface area contributed by atoms with Crippen LogP contribution in [-0.4, -0.2) is 27.8 Å². The molecule has 0 aliphatic rings. The molecule has 3 N–H and O–H groups in total. The van der Waals surface area contributed by atoms with Crippen molar-refractivity contribution in [2.24, 2.45) is 0 Å². The van der Waals surface area contributed by atoms with Crippen LogP contribution in [0.1, 0.15) is 35.0 Å². The molecule has 0 aliphatic carbocycles. The Bertz CT molecular complexity index is 866. The molecule has 3 rings (SSSR count). The van der Waals surface area contributed by atoms with Gasteiger partial charge >= 0.3 is 0 Å². The van der Waals surface area contributed by atoms with E-state index in [-0.39, 0.29) is 12.5 Å². The van der Waals surface area contributed by atoms with Gasteiger partial charge < -0.3 is 10.4 Å². The summed E-state index contributed by atoms with van der Waals surface area (Å²) in [6.07, 6.45) is 0.309. The smallest absolute Gasteiger partial charge is 0.220 e. The van der Waals surface area contributed by atoms with Crippen LogP contribution in [0.3, 0.4) is 0 Å². The number of hydrogen-bond acceptors (Lipinski definition) is 3. The number of amides is 1. The minimum Gasteiger partial charge on any atom is -0.387 e. The molecule has 5 nitrogen and oxygen atoms in total. The molecule has 0 bridgehead atoms. The first-order valence-corrected chi connectivity index (χ1v) is 8.48. The molecule has 25 heavy (non-hydrogen) atoms. The number of fused-ring (bicyclic) bond motifs is 1. The average molecular weight is 337 g/mol. The molecule has 5 heteroatoms. The predicted molar refractivity (Wildman–Crippen MR) is 98.3 cm³/mol. The molecule has 0 spiro atoms. The number of aliphatic hydroxyl groups excluding tert-OH is 1. The van der Waals surface area contributed by atoms with E-state index in [0.717, 1.165) is 33.3 Å². The quantitative estimate of drug-likeness (QED) is 0.647. The van der Waals surface area contributed by atoms with E-state index in [2.05, 4.69) is 15.5 Å². The number of carbonyl (C=O) groups excluding carboxylic acids is 1. The van der Waals surface area contributed by atoms with Gasteiger partial charge in [0.25, 0.3) is 0 Å².